The Bertz CT molecular complexity index is 350. The van der Waals surface area contributed by atoms with Gasteiger partial charge in [0.15, 0.2) is 0 Å². The summed E-state index contributed by atoms with van der Waals surface area (Å²) in [7, 11) is 0. The lowest BCUT2D eigenvalue weighted by Crippen LogP contribution is -2.09. The zero-order chi connectivity index (χ0) is 8.55. The predicted molar refractivity (Wildman–Crippen MR) is 52.5 cm³/mol. The van der Waals surface area contributed by atoms with Crippen LogP contribution in [0.2, 0.25) is 0 Å². The Hall–Kier alpha value is -1.37. The summed E-state index contributed by atoms with van der Waals surface area (Å²) in [6.45, 7) is 6.09. The van der Waals surface area contributed by atoms with Crippen LogP contribution in [0, 0.1) is 0 Å². The fourth-order valence-electron chi connectivity index (χ4n) is 1.41. The van der Waals surface area contributed by atoms with Gasteiger partial charge in [-0.2, -0.15) is 0 Å². The fraction of sp³-hybridized carbons (Fsp3) is 0.182. The minimum absolute atomic E-state index is 0.236. The maximum Gasteiger partial charge on any atom is 0.0721 e. The van der Waals surface area contributed by atoms with Gasteiger partial charge < -0.3 is 0 Å². The van der Waals surface area contributed by atoms with Gasteiger partial charge in [-0.1, -0.05) is 30.8 Å². The molecule has 1 aromatic rings. The average molecular weight is 157 g/mol. The average Bonchev–Trinajstić information content (AvgIpc) is 2.12. The Morgan fingerprint density at radius 1 is 1.33 bits per heavy atom. The normalized spacial score (nSPS) is 20.8. The Morgan fingerprint density at radius 2 is 2.08 bits per heavy atom. The molecule has 1 heteroatoms. The second kappa shape index (κ2) is 2.59. The van der Waals surface area contributed by atoms with Crippen molar-refractivity contribution in [2.45, 2.75) is 13.0 Å². The molecule has 1 heterocycles. The minimum Gasteiger partial charge on any atom is -0.285 e. The Morgan fingerprint density at radius 3 is 2.92 bits per heavy atom. The van der Waals surface area contributed by atoms with Crippen LogP contribution < -0.4 is 0 Å². The zero-order valence-corrected chi connectivity index (χ0v) is 7.12. The summed E-state index contributed by atoms with van der Waals surface area (Å²) in [5.74, 6) is 0. The van der Waals surface area contributed by atoms with Gasteiger partial charge in [-0.05, 0) is 23.6 Å². The molecule has 0 aliphatic carbocycles. The van der Waals surface area contributed by atoms with Crippen LogP contribution in [0.25, 0.3) is 5.57 Å². The van der Waals surface area contributed by atoms with E-state index >= 15 is 0 Å². The summed E-state index contributed by atoms with van der Waals surface area (Å²) < 4.78 is 0. The summed E-state index contributed by atoms with van der Waals surface area (Å²) in [5, 5.41) is 0. The van der Waals surface area contributed by atoms with Gasteiger partial charge in [0.05, 0.1) is 6.04 Å². The molecule has 0 unspecified atom stereocenters. The summed E-state index contributed by atoms with van der Waals surface area (Å²) >= 11 is 0. The van der Waals surface area contributed by atoms with Crippen molar-refractivity contribution in [3.63, 3.8) is 0 Å². The number of hydrogen-bond donors (Lipinski definition) is 0. The Balaban J connectivity index is 2.59. The molecule has 1 aliphatic heterocycles. The summed E-state index contributed by atoms with van der Waals surface area (Å²) in [6, 6.07) is 8.46. The SMILES string of the molecule is C=C1c2ccccc2C=N[C@@H]1C. The molecule has 0 N–H and O–H groups in total. The first-order valence-electron chi connectivity index (χ1n) is 4.10. The lowest BCUT2D eigenvalue weighted by Gasteiger charge is -2.17. The molecule has 0 aromatic heterocycles. The number of fused-ring (bicyclic) bond motifs is 1. The van der Waals surface area contributed by atoms with Crippen molar-refractivity contribution in [2.24, 2.45) is 4.99 Å². The maximum atomic E-state index is 4.33. The highest BCUT2D eigenvalue weighted by molar-refractivity contribution is 5.92. The van der Waals surface area contributed by atoms with Crippen LogP contribution >= 0.6 is 0 Å². The molecular formula is C11H11N. The molecule has 0 saturated heterocycles. The monoisotopic (exact) mass is 157 g/mol. The first-order valence-corrected chi connectivity index (χ1v) is 4.10. The van der Waals surface area contributed by atoms with Gasteiger partial charge in [0.2, 0.25) is 0 Å². The standard InChI is InChI=1S/C11H11N/c1-8-9(2)12-7-10-5-3-4-6-11(8)10/h3-7,9H,1H2,2H3/t9-/m1/s1. The van der Waals surface area contributed by atoms with Gasteiger partial charge in [0, 0.05) is 6.21 Å². The molecule has 1 aromatic carbocycles. The van der Waals surface area contributed by atoms with Gasteiger partial charge in [0.1, 0.15) is 0 Å². The third-order valence-corrected chi connectivity index (χ3v) is 2.25. The molecule has 1 aliphatic rings. The van der Waals surface area contributed by atoms with Gasteiger partial charge in [-0.3, -0.25) is 4.99 Å². The van der Waals surface area contributed by atoms with Gasteiger partial charge >= 0.3 is 0 Å². The van der Waals surface area contributed by atoms with Gasteiger partial charge in [0.25, 0.3) is 0 Å². The van der Waals surface area contributed by atoms with E-state index in [2.05, 4.69) is 30.6 Å². The lowest BCUT2D eigenvalue weighted by atomic mass is 9.95. The van der Waals surface area contributed by atoms with Gasteiger partial charge in [-0.15, -0.1) is 0 Å². The first kappa shape index (κ1) is 7.29. The molecule has 0 bridgehead atoms. The van der Waals surface area contributed by atoms with Crippen molar-refractivity contribution in [1.29, 1.82) is 0 Å². The minimum atomic E-state index is 0.236. The van der Waals surface area contributed by atoms with Crippen LogP contribution in [0.5, 0.6) is 0 Å². The van der Waals surface area contributed by atoms with Crippen molar-refractivity contribution in [1.82, 2.24) is 0 Å². The molecule has 0 spiro atoms. The van der Waals surface area contributed by atoms with E-state index in [4.69, 9.17) is 0 Å². The van der Waals surface area contributed by atoms with Crippen LogP contribution in [-0.2, 0) is 0 Å². The lowest BCUT2D eigenvalue weighted by molar-refractivity contribution is 0.945. The van der Waals surface area contributed by atoms with Crippen LogP contribution in [0.1, 0.15) is 18.1 Å². The van der Waals surface area contributed by atoms with Crippen molar-refractivity contribution < 1.29 is 0 Å². The van der Waals surface area contributed by atoms with E-state index in [9.17, 15) is 0 Å². The highest BCUT2D eigenvalue weighted by atomic mass is 14.8. The first-order chi connectivity index (χ1) is 5.79. The Labute approximate surface area is 72.5 Å². The van der Waals surface area contributed by atoms with Crippen molar-refractivity contribution in [3.05, 3.63) is 42.0 Å². The van der Waals surface area contributed by atoms with Crippen molar-refractivity contribution >= 4 is 11.8 Å². The maximum absolute atomic E-state index is 4.33. The fourth-order valence-corrected chi connectivity index (χ4v) is 1.41. The second-order valence-corrected chi connectivity index (χ2v) is 3.07. The van der Waals surface area contributed by atoms with Gasteiger partial charge in [-0.25, -0.2) is 0 Å². The number of nitrogens with zero attached hydrogens (tertiary/aromatic N) is 1. The smallest absolute Gasteiger partial charge is 0.0721 e. The largest absolute Gasteiger partial charge is 0.285 e. The zero-order valence-electron chi connectivity index (χ0n) is 7.12. The third-order valence-electron chi connectivity index (χ3n) is 2.25. The number of benzene rings is 1. The molecule has 1 atom stereocenters. The highest BCUT2D eigenvalue weighted by Gasteiger charge is 2.13. The summed E-state index contributed by atoms with van der Waals surface area (Å²) in [4.78, 5) is 4.33. The molecule has 60 valence electrons. The topological polar surface area (TPSA) is 12.4 Å². The molecule has 0 fully saturated rings. The molecule has 12 heavy (non-hydrogen) atoms. The highest BCUT2D eigenvalue weighted by Crippen LogP contribution is 2.24. The van der Waals surface area contributed by atoms with Crippen LogP contribution in [0.3, 0.4) is 0 Å². The van der Waals surface area contributed by atoms with Crippen molar-refractivity contribution in [3.8, 4) is 0 Å². The van der Waals surface area contributed by atoms with E-state index in [0.29, 0.717) is 0 Å². The predicted octanol–water partition coefficient (Wildman–Crippen LogP) is 2.52. The molecule has 2 rings (SSSR count). The Kier molecular flexibility index (Phi) is 1.58. The number of hydrogen-bond acceptors (Lipinski definition) is 1. The summed E-state index contributed by atoms with van der Waals surface area (Å²) in [6.07, 6.45) is 1.93. The number of rotatable bonds is 0. The summed E-state index contributed by atoms with van der Waals surface area (Å²) in [5.41, 5.74) is 3.54. The van der Waals surface area contributed by atoms with Crippen LogP contribution in [0.4, 0.5) is 0 Å². The quantitative estimate of drug-likeness (QED) is 0.548. The van der Waals surface area contributed by atoms with E-state index in [1.807, 2.05) is 18.3 Å². The molecule has 0 radical (unpaired) electrons. The van der Waals surface area contributed by atoms with E-state index < -0.39 is 0 Å². The van der Waals surface area contributed by atoms with E-state index in [0.717, 1.165) is 5.57 Å². The molecular weight excluding hydrogens is 146 g/mol. The van der Waals surface area contributed by atoms with E-state index in [1.165, 1.54) is 11.1 Å². The van der Waals surface area contributed by atoms with Crippen molar-refractivity contribution in [2.75, 3.05) is 0 Å². The third kappa shape index (κ3) is 0.981. The van der Waals surface area contributed by atoms with E-state index in [1.54, 1.807) is 0 Å². The molecule has 0 saturated carbocycles. The molecule has 1 nitrogen and oxygen atoms in total. The van der Waals surface area contributed by atoms with E-state index in [-0.39, 0.29) is 6.04 Å². The van der Waals surface area contributed by atoms with Crippen LogP contribution in [-0.4, -0.2) is 12.3 Å². The van der Waals surface area contributed by atoms with Crippen LogP contribution in [0.15, 0.2) is 35.8 Å². The second-order valence-electron chi connectivity index (χ2n) is 3.07. The number of aliphatic imine (C=N–C) groups is 1. The molecule has 0 amide bonds.